The molecule has 0 heterocycles. The third kappa shape index (κ3) is 4.74. The summed E-state index contributed by atoms with van der Waals surface area (Å²) in [6.45, 7) is 5.16. The molecule has 0 bridgehead atoms. The second kappa shape index (κ2) is 6.94. The van der Waals surface area contributed by atoms with Crippen LogP contribution in [-0.4, -0.2) is 34.5 Å². The Labute approximate surface area is 126 Å². The second-order valence-electron chi connectivity index (χ2n) is 6.42. The Balaban J connectivity index is 1.94. The Kier molecular flexibility index (Phi) is 5.23. The van der Waals surface area contributed by atoms with E-state index >= 15 is 0 Å². The Morgan fingerprint density at radius 2 is 1.95 bits per heavy atom. The van der Waals surface area contributed by atoms with Gasteiger partial charge in [0.15, 0.2) is 0 Å². The number of aromatic hydroxyl groups is 1. The summed E-state index contributed by atoms with van der Waals surface area (Å²) in [5, 5.41) is 9.28. The lowest BCUT2D eigenvalue weighted by Crippen LogP contribution is -2.46. The van der Waals surface area contributed by atoms with Crippen LogP contribution in [0.4, 0.5) is 0 Å². The van der Waals surface area contributed by atoms with Gasteiger partial charge < -0.3 is 15.7 Å². The molecule has 0 aliphatic heterocycles. The predicted molar refractivity (Wildman–Crippen MR) is 84.0 cm³/mol. The molecule has 2 rings (SSSR count). The Hall–Kier alpha value is -1.55. The molecule has 1 atom stereocenters. The van der Waals surface area contributed by atoms with Gasteiger partial charge in [0.2, 0.25) is 5.91 Å². The summed E-state index contributed by atoms with van der Waals surface area (Å²) in [6.07, 6.45) is 3.75. The first-order chi connectivity index (χ1) is 9.97. The van der Waals surface area contributed by atoms with E-state index in [0.717, 1.165) is 31.4 Å². The Morgan fingerprint density at radius 3 is 2.48 bits per heavy atom. The minimum atomic E-state index is -0.498. The average molecular weight is 290 g/mol. The van der Waals surface area contributed by atoms with Crippen molar-refractivity contribution in [3.63, 3.8) is 0 Å². The van der Waals surface area contributed by atoms with Crippen molar-refractivity contribution in [2.24, 2.45) is 11.7 Å². The average Bonchev–Trinajstić information content (AvgIpc) is 3.25. The highest BCUT2D eigenvalue weighted by atomic mass is 16.3. The molecule has 1 aromatic rings. The van der Waals surface area contributed by atoms with Crippen LogP contribution in [0.25, 0.3) is 0 Å². The van der Waals surface area contributed by atoms with Crippen LogP contribution in [0.2, 0.25) is 0 Å². The summed E-state index contributed by atoms with van der Waals surface area (Å²) < 4.78 is 0. The number of carbonyl (C=O) groups is 1. The summed E-state index contributed by atoms with van der Waals surface area (Å²) in [5.41, 5.74) is 7.09. The van der Waals surface area contributed by atoms with E-state index in [0.29, 0.717) is 18.4 Å². The highest BCUT2D eigenvalue weighted by Crippen LogP contribution is 2.28. The van der Waals surface area contributed by atoms with Gasteiger partial charge in [-0.05, 0) is 49.3 Å². The lowest BCUT2D eigenvalue weighted by atomic mass is 10.0. The zero-order chi connectivity index (χ0) is 15.4. The van der Waals surface area contributed by atoms with Crippen molar-refractivity contribution < 1.29 is 9.90 Å². The topological polar surface area (TPSA) is 66.6 Å². The van der Waals surface area contributed by atoms with Crippen LogP contribution in [0, 0.1) is 5.92 Å². The van der Waals surface area contributed by atoms with Gasteiger partial charge in [0.25, 0.3) is 0 Å². The van der Waals surface area contributed by atoms with Crippen molar-refractivity contribution >= 4 is 5.91 Å². The standard InChI is InChI=1S/C17H26N2O2/c1-12(2)9-10-19(14-5-6-14)17(21)16(18)11-13-3-7-15(20)8-4-13/h3-4,7-8,12,14,16,20H,5-6,9-11,18H2,1-2H3/t16-/m0/s1. The van der Waals surface area contributed by atoms with Gasteiger partial charge in [0, 0.05) is 12.6 Å². The predicted octanol–water partition coefficient (Wildman–Crippen LogP) is 2.30. The molecule has 1 aliphatic rings. The summed E-state index contributed by atoms with van der Waals surface area (Å²) in [5.74, 6) is 0.883. The number of hydrogen-bond acceptors (Lipinski definition) is 3. The quantitative estimate of drug-likeness (QED) is 0.809. The van der Waals surface area contributed by atoms with E-state index in [9.17, 15) is 9.90 Å². The van der Waals surface area contributed by atoms with Crippen molar-refractivity contribution in [2.75, 3.05) is 6.54 Å². The molecule has 1 amide bonds. The van der Waals surface area contributed by atoms with E-state index in [2.05, 4.69) is 13.8 Å². The van der Waals surface area contributed by atoms with Crippen LogP contribution in [0.15, 0.2) is 24.3 Å². The van der Waals surface area contributed by atoms with Crippen molar-refractivity contribution in [3.8, 4) is 5.75 Å². The summed E-state index contributed by atoms with van der Waals surface area (Å²) in [7, 11) is 0. The summed E-state index contributed by atoms with van der Waals surface area (Å²) in [6, 6.07) is 6.80. The lowest BCUT2D eigenvalue weighted by molar-refractivity contribution is -0.133. The third-order valence-corrected chi connectivity index (χ3v) is 3.93. The largest absolute Gasteiger partial charge is 0.508 e. The third-order valence-electron chi connectivity index (χ3n) is 3.93. The van der Waals surface area contributed by atoms with Gasteiger partial charge in [0.05, 0.1) is 6.04 Å². The molecule has 116 valence electrons. The Morgan fingerprint density at radius 1 is 1.33 bits per heavy atom. The maximum absolute atomic E-state index is 12.6. The number of rotatable bonds is 7. The van der Waals surface area contributed by atoms with Crippen LogP contribution in [0.3, 0.4) is 0 Å². The zero-order valence-corrected chi connectivity index (χ0v) is 13.0. The van der Waals surface area contributed by atoms with Gasteiger partial charge in [-0.3, -0.25) is 4.79 Å². The molecule has 3 N–H and O–H groups in total. The molecular weight excluding hydrogens is 264 g/mol. The first-order valence-corrected chi connectivity index (χ1v) is 7.81. The van der Waals surface area contributed by atoms with E-state index in [-0.39, 0.29) is 11.7 Å². The van der Waals surface area contributed by atoms with Gasteiger partial charge in [-0.15, -0.1) is 0 Å². The van der Waals surface area contributed by atoms with E-state index in [1.165, 1.54) is 0 Å². The number of carbonyl (C=O) groups excluding carboxylic acids is 1. The van der Waals surface area contributed by atoms with Crippen molar-refractivity contribution in [1.29, 1.82) is 0 Å². The van der Waals surface area contributed by atoms with Gasteiger partial charge in [-0.2, -0.15) is 0 Å². The first-order valence-electron chi connectivity index (χ1n) is 7.81. The SMILES string of the molecule is CC(C)CCN(C(=O)[C@@H](N)Cc1ccc(O)cc1)C1CC1. The molecule has 0 saturated heterocycles. The van der Waals surface area contributed by atoms with Crippen LogP contribution >= 0.6 is 0 Å². The van der Waals surface area contributed by atoms with Crippen molar-refractivity contribution in [1.82, 2.24) is 4.90 Å². The van der Waals surface area contributed by atoms with Crippen molar-refractivity contribution in [2.45, 2.75) is 51.6 Å². The van der Waals surface area contributed by atoms with E-state index < -0.39 is 6.04 Å². The smallest absolute Gasteiger partial charge is 0.240 e. The molecule has 4 heteroatoms. The van der Waals surface area contributed by atoms with Crippen molar-refractivity contribution in [3.05, 3.63) is 29.8 Å². The number of nitrogens with zero attached hydrogens (tertiary/aromatic N) is 1. The lowest BCUT2D eigenvalue weighted by Gasteiger charge is -2.26. The molecule has 1 aliphatic carbocycles. The number of phenols is 1. The fourth-order valence-corrected chi connectivity index (χ4v) is 2.44. The molecule has 0 spiro atoms. The second-order valence-corrected chi connectivity index (χ2v) is 6.42. The molecule has 21 heavy (non-hydrogen) atoms. The number of nitrogens with two attached hydrogens (primary N) is 1. The Bertz CT molecular complexity index is 466. The fourth-order valence-electron chi connectivity index (χ4n) is 2.44. The highest BCUT2D eigenvalue weighted by molar-refractivity contribution is 5.82. The van der Waals surface area contributed by atoms with Gasteiger partial charge in [-0.25, -0.2) is 0 Å². The number of hydrogen-bond donors (Lipinski definition) is 2. The minimum Gasteiger partial charge on any atom is -0.508 e. The van der Waals surface area contributed by atoms with Gasteiger partial charge >= 0.3 is 0 Å². The maximum Gasteiger partial charge on any atom is 0.240 e. The fraction of sp³-hybridized carbons (Fsp3) is 0.588. The molecule has 4 nitrogen and oxygen atoms in total. The van der Waals surface area contributed by atoms with Crippen LogP contribution in [0.1, 0.15) is 38.7 Å². The van der Waals surface area contributed by atoms with Crippen LogP contribution in [-0.2, 0) is 11.2 Å². The molecule has 1 aromatic carbocycles. The van der Waals surface area contributed by atoms with Gasteiger partial charge in [0.1, 0.15) is 5.75 Å². The van der Waals surface area contributed by atoms with Gasteiger partial charge in [-0.1, -0.05) is 26.0 Å². The van der Waals surface area contributed by atoms with E-state index in [4.69, 9.17) is 5.73 Å². The normalized spacial score (nSPS) is 16.0. The summed E-state index contributed by atoms with van der Waals surface area (Å²) in [4.78, 5) is 14.5. The van der Waals surface area contributed by atoms with Crippen LogP contribution < -0.4 is 5.73 Å². The summed E-state index contributed by atoms with van der Waals surface area (Å²) >= 11 is 0. The zero-order valence-electron chi connectivity index (χ0n) is 13.0. The minimum absolute atomic E-state index is 0.0613. The number of amides is 1. The van der Waals surface area contributed by atoms with Crippen LogP contribution in [0.5, 0.6) is 5.75 Å². The number of benzene rings is 1. The number of phenolic OH excluding ortho intramolecular Hbond substituents is 1. The maximum atomic E-state index is 12.6. The molecule has 1 saturated carbocycles. The molecule has 0 aromatic heterocycles. The molecule has 1 fully saturated rings. The first kappa shape index (κ1) is 15.8. The van der Waals surface area contributed by atoms with E-state index in [1.807, 2.05) is 17.0 Å². The van der Waals surface area contributed by atoms with E-state index in [1.54, 1.807) is 12.1 Å². The highest BCUT2D eigenvalue weighted by Gasteiger charge is 2.34. The molecular formula is C17H26N2O2. The molecule has 0 unspecified atom stereocenters. The monoisotopic (exact) mass is 290 g/mol. The molecule has 0 radical (unpaired) electrons.